The molecule has 1 heterocycles. The van der Waals surface area contributed by atoms with E-state index in [0.717, 1.165) is 23.9 Å². The number of aromatic nitrogens is 3. The molecule has 2 rings (SSSR count). The van der Waals surface area contributed by atoms with Gasteiger partial charge in [0, 0.05) is 6.54 Å². The summed E-state index contributed by atoms with van der Waals surface area (Å²) in [6.07, 6.45) is -4.43. The summed E-state index contributed by atoms with van der Waals surface area (Å²) in [6.45, 7) is 2.35. The van der Waals surface area contributed by atoms with E-state index in [2.05, 4.69) is 14.9 Å². The predicted molar refractivity (Wildman–Crippen MR) is 84.2 cm³/mol. The maximum atomic E-state index is 12.7. The molecule has 6 nitrogen and oxygen atoms in total. The zero-order valence-corrected chi connectivity index (χ0v) is 14.4. The van der Waals surface area contributed by atoms with Crippen molar-refractivity contribution in [3.63, 3.8) is 0 Å². The summed E-state index contributed by atoms with van der Waals surface area (Å²) < 4.78 is 49.8. The molecular weight excluding hydrogens is 359 g/mol. The van der Waals surface area contributed by atoms with Crippen LogP contribution in [0.3, 0.4) is 0 Å². The molecule has 0 spiro atoms. The number of esters is 1. The number of halogens is 3. The van der Waals surface area contributed by atoms with Gasteiger partial charge in [-0.15, -0.1) is 10.2 Å². The molecule has 0 amide bonds. The number of alkyl halides is 3. The Morgan fingerprint density at radius 3 is 2.72 bits per heavy atom. The normalized spacial score (nSPS) is 11.4. The predicted octanol–water partition coefficient (Wildman–Crippen LogP) is 3.16. The minimum atomic E-state index is -4.43. The van der Waals surface area contributed by atoms with E-state index in [-0.39, 0.29) is 18.1 Å². The molecule has 2 aromatic rings. The summed E-state index contributed by atoms with van der Waals surface area (Å²) in [5, 5.41) is 8.45. The number of carbonyl (C=O) groups is 1. The van der Waals surface area contributed by atoms with Crippen LogP contribution >= 0.6 is 11.8 Å². The summed E-state index contributed by atoms with van der Waals surface area (Å²) in [5.41, 5.74) is -0.781. The largest absolute Gasteiger partial charge is 0.486 e. The highest BCUT2D eigenvalue weighted by Gasteiger charge is 2.30. The maximum Gasteiger partial charge on any atom is 0.416 e. The molecule has 10 heteroatoms. The zero-order chi connectivity index (χ0) is 18.4. The number of methoxy groups -OCH3 is 1. The molecule has 136 valence electrons. The number of nitrogens with zero attached hydrogens (tertiary/aromatic N) is 3. The van der Waals surface area contributed by atoms with Crippen LogP contribution in [0.5, 0.6) is 5.75 Å². The van der Waals surface area contributed by atoms with Gasteiger partial charge in [-0.05, 0) is 25.1 Å². The van der Waals surface area contributed by atoms with Gasteiger partial charge in [-0.2, -0.15) is 13.2 Å². The third kappa shape index (κ3) is 5.12. The van der Waals surface area contributed by atoms with Crippen molar-refractivity contribution in [1.29, 1.82) is 0 Å². The van der Waals surface area contributed by atoms with Crippen molar-refractivity contribution < 1.29 is 27.4 Å². The molecule has 0 aliphatic heterocycles. The van der Waals surface area contributed by atoms with E-state index >= 15 is 0 Å². The molecule has 0 bridgehead atoms. The van der Waals surface area contributed by atoms with Gasteiger partial charge >= 0.3 is 12.1 Å². The topological polar surface area (TPSA) is 66.2 Å². The van der Waals surface area contributed by atoms with Crippen LogP contribution in [0.15, 0.2) is 29.4 Å². The van der Waals surface area contributed by atoms with E-state index in [1.165, 1.54) is 19.2 Å². The second-order valence-electron chi connectivity index (χ2n) is 4.82. The fourth-order valence-electron chi connectivity index (χ4n) is 1.94. The molecule has 0 saturated heterocycles. The minimum Gasteiger partial charge on any atom is -0.486 e. The molecule has 0 N–H and O–H groups in total. The average molecular weight is 375 g/mol. The van der Waals surface area contributed by atoms with Gasteiger partial charge in [-0.25, -0.2) is 0 Å². The standard InChI is InChI=1S/C15H16F3N3O3S/c1-3-21-12(19-20-14(21)25-9-13(22)23-2)8-24-11-6-4-5-10(7-11)15(16,17)18/h4-7H,3,8-9H2,1-2H3. The molecule has 1 aromatic carbocycles. The van der Waals surface area contributed by atoms with Crippen LogP contribution in [0.2, 0.25) is 0 Å². The van der Waals surface area contributed by atoms with Gasteiger partial charge in [0.25, 0.3) is 0 Å². The molecule has 0 radical (unpaired) electrons. The van der Waals surface area contributed by atoms with Crippen molar-refractivity contribution in [1.82, 2.24) is 14.8 Å². The zero-order valence-electron chi connectivity index (χ0n) is 13.5. The van der Waals surface area contributed by atoms with Gasteiger partial charge < -0.3 is 14.0 Å². The highest BCUT2D eigenvalue weighted by molar-refractivity contribution is 7.99. The van der Waals surface area contributed by atoms with Gasteiger partial charge in [0.1, 0.15) is 12.4 Å². The highest BCUT2D eigenvalue weighted by Crippen LogP contribution is 2.31. The van der Waals surface area contributed by atoms with Gasteiger partial charge in [-0.3, -0.25) is 4.79 Å². The highest BCUT2D eigenvalue weighted by atomic mass is 32.2. The Hall–Kier alpha value is -2.23. The second-order valence-corrected chi connectivity index (χ2v) is 5.76. The first-order valence-electron chi connectivity index (χ1n) is 7.27. The number of thioether (sulfide) groups is 1. The number of carbonyl (C=O) groups excluding carboxylic acids is 1. The molecule has 0 fully saturated rings. The lowest BCUT2D eigenvalue weighted by Crippen LogP contribution is -2.09. The number of benzene rings is 1. The third-order valence-corrected chi connectivity index (χ3v) is 4.13. The summed E-state index contributed by atoms with van der Waals surface area (Å²) in [5.74, 6) is 0.234. The smallest absolute Gasteiger partial charge is 0.416 e. The van der Waals surface area contributed by atoms with Crippen molar-refractivity contribution in [3.8, 4) is 5.75 Å². The van der Waals surface area contributed by atoms with Gasteiger partial charge in [0.05, 0.1) is 18.4 Å². The summed E-state index contributed by atoms with van der Waals surface area (Å²) in [4.78, 5) is 11.2. The van der Waals surface area contributed by atoms with Crippen LogP contribution in [-0.2, 0) is 28.9 Å². The molecule has 25 heavy (non-hydrogen) atoms. The van der Waals surface area contributed by atoms with E-state index in [1.807, 2.05) is 6.92 Å². The van der Waals surface area contributed by atoms with Crippen LogP contribution < -0.4 is 4.74 Å². The Balaban J connectivity index is 2.06. The molecule has 1 aromatic heterocycles. The van der Waals surface area contributed by atoms with E-state index < -0.39 is 17.7 Å². The van der Waals surface area contributed by atoms with Crippen LogP contribution in [0, 0.1) is 0 Å². The molecule has 0 unspecified atom stereocenters. The Kier molecular flexibility index (Phi) is 6.29. The molecule has 0 aliphatic rings. The Labute approximate surface area is 146 Å². The summed E-state index contributed by atoms with van der Waals surface area (Å²) in [6, 6.07) is 4.62. The van der Waals surface area contributed by atoms with Gasteiger partial charge in [0.15, 0.2) is 11.0 Å². The van der Waals surface area contributed by atoms with Gasteiger partial charge in [0.2, 0.25) is 0 Å². The lowest BCUT2D eigenvalue weighted by molar-refractivity contribution is -0.138. The summed E-state index contributed by atoms with van der Waals surface area (Å²) in [7, 11) is 1.29. The lowest BCUT2D eigenvalue weighted by atomic mass is 10.2. The second kappa shape index (κ2) is 8.24. The fourth-order valence-corrected chi connectivity index (χ4v) is 2.80. The maximum absolute atomic E-state index is 12.7. The molecular formula is C15H16F3N3O3S. The number of rotatable bonds is 7. The van der Waals surface area contributed by atoms with Crippen molar-refractivity contribution >= 4 is 17.7 Å². The molecule has 0 atom stereocenters. The first kappa shape index (κ1) is 19.1. The third-order valence-electron chi connectivity index (χ3n) is 3.19. The van der Waals surface area contributed by atoms with Crippen molar-refractivity contribution in [2.75, 3.05) is 12.9 Å². The van der Waals surface area contributed by atoms with E-state index in [4.69, 9.17) is 4.74 Å². The Morgan fingerprint density at radius 1 is 1.32 bits per heavy atom. The van der Waals surface area contributed by atoms with Gasteiger partial charge in [-0.1, -0.05) is 17.8 Å². The first-order chi connectivity index (χ1) is 11.8. The molecule has 0 aliphatic carbocycles. The van der Waals surface area contributed by atoms with Crippen LogP contribution in [0.25, 0.3) is 0 Å². The number of hydrogen-bond donors (Lipinski definition) is 0. The SMILES string of the molecule is CCn1c(COc2cccc(C(F)(F)F)c2)nnc1SCC(=O)OC. The minimum absolute atomic E-state index is 0.0407. The van der Waals surface area contributed by atoms with E-state index in [9.17, 15) is 18.0 Å². The van der Waals surface area contributed by atoms with E-state index in [1.54, 1.807) is 4.57 Å². The quantitative estimate of drug-likeness (QED) is 0.547. The van der Waals surface area contributed by atoms with Crippen LogP contribution in [0.1, 0.15) is 18.3 Å². The Bertz CT molecular complexity index is 734. The number of hydrogen-bond acceptors (Lipinski definition) is 6. The van der Waals surface area contributed by atoms with Crippen molar-refractivity contribution in [2.45, 2.75) is 31.4 Å². The van der Waals surface area contributed by atoms with Crippen molar-refractivity contribution in [3.05, 3.63) is 35.7 Å². The van der Waals surface area contributed by atoms with E-state index in [0.29, 0.717) is 17.5 Å². The van der Waals surface area contributed by atoms with Crippen molar-refractivity contribution in [2.24, 2.45) is 0 Å². The summed E-state index contributed by atoms with van der Waals surface area (Å²) >= 11 is 1.16. The monoisotopic (exact) mass is 375 g/mol. The average Bonchev–Trinajstić information content (AvgIpc) is 2.99. The lowest BCUT2D eigenvalue weighted by Gasteiger charge is -2.11. The first-order valence-corrected chi connectivity index (χ1v) is 8.25. The van der Waals surface area contributed by atoms with Crippen LogP contribution in [0.4, 0.5) is 13.2 Å². The molecule has 0 saturated carbocycles. The fraction of sp³-hybridized carbons (Fsp3) is 0.400. The Morgan fingerprint density at radius 2 is 2.08 bits per heavy atom. The number of ether oxygens (including phenoxy) is 2. The van der Waals surface area contributed by atoms with Crippen LogP contribution in [-0.4, -0.2) is 33.6 Å².